The number of benzene rings is 1. The van der Waals surface area contributed by atoms with Gasteiger partial charge in [-0.05, 0) is 29.9 Å². The molecule has 2 N–H and O–H groups in total. The van der Waals surface area contributed by atoms with E-state index < -0.39 is 5.97 Å². The third-order valence-corrected chi connectivity index (χ3v) is 4.44. The summed E-state index contributed by atoms with van der Waals surface area (Å²) in [4.78, 5) is 23.4. The molecule has 0 heterocycles. The Morgan fingerprint density at radius 2 is 2.00 bits per heavy atom. The Hall–Kier alpha value is -1.84. The van der Waals surface area contributed by atoms with E-state index in [-0.39, 0.29) is 29.3 Å². The molecule has 0 bridgehead atoms. The maximum Gasteiger partial charge on any atom is 0.335 e. The molecule has 2 rings (SSSR count). The summed E-state index contributed by atoms with van der Waals surface area (Å²) < 4.78 is 0. The van der Waals surface area contributed by atoms with Gasteiger partial charge in [0, 0.05) is 6.04 Å². The van der Waals surface area contributed by atoms with Crippen molar-refractivity contribution in [1.29, 1.82) is 0 Å². The molecule has 4 nitrogen and oxygen atoms in total. The van der Waals surface area contributed by atoms with E-state index in [1.807, 2.05) is 0 Å². The van der Waals surface area contributed by atoms with Gasteiger partial charge in [-0.2, -0.15) is 0 Å². The highest BCUT2D eigenvalue weighted by Crippen LogP contribution is 2.35. The maximum absolute atomic E-state index is 12.2. The van der Waals surface area contributed by atoms with Crippen LogP contribution >= 0.6 is 0 Å². The molecule has 0 aromatic heterocycles. The summed E-state index contributed by atoms with van der Waals surface area (Å²) >= 11 is 0. The maximum atomic E-state index is 12.2. The second-order valence-corrected chi connectivity index (χ2v) is 6.49. The molecule has 1 amide bonds. The third-order valence-electron chi connectivity index (χ3n) is 4.44. The zero-order chi connectivity index (χ0) is 15.5. The lowest BCUT2D eigenvalue weighted by molar-refractivity contribution is -0.122. The van der Waals surface area contributed by atoms with Crippen LogP contribution in [-0.4, -0.2) is 23.0 Å². The molecule has 0 radical (unpaired) electrons. The normalized spacial score (nSPS) is 20.8. The van der Waals surface area contributed by atoms with Crippen LogP contribution in [-0.2, 0) is 11.2 Å². The number of hydrogen-bond acceptors (Lipinski definition) is 2. The zero-order valence-electron chi connectivity index (χ0n) is 12.7. The number of amides is 1. The van der Waals surface area contributed by atoms with E-state index in [1.165, 1.54) is 12.5 Å². The Morgan fingerprint density at radius 1 is 1.29 bits per heavy atom. The lowest BCUT2D eigenvalue weighted by Gasteiger charge is -2.39. The Bertz CT molecular complexity index is 537. The highest BCUT2D eigenvalue weighted by molar-refractivity contribution is 5.91. The minimum Gasteiger partial charge on any atom is -0.478 e. The molecular weight excluding hydrogens is 266 g/mol. The molecular formula is C17H23NO3. The first-order valence-electron chi connectivity index (χ1n) is 7.51. The van der Waals surface area contributed by atoms with Gasteiger partial charge >= 0.3 is 5.97 Å². The van der Waals surface area contributed by atoms with Crippen molar-refractivity contribution >= 4 is 11.9 Å². The van der Waals surface area contributed by atoms with Crippen molar-refractivity contribution in [3.63, 3.8) is 0 Å². The van der Waals surface area contributed by atoms with Gasteiger partial charge in [-0.15, -0.1) is 0 Å². The molecule has 0 spiro atoms. The van der Waals surface area contributed by atoms with Gasteiger partial charge in [-0.3, -0.25) is 4.79 Å². The molecule has 1 atom stereocenters. The lowest BCUT2D eigenvalue weighted by atomic mass is 9.73. The van der Waals surface area contributed by atoms with Crippen molar-refractivity contribution < 1.29 is 14.7 Å². The van der Waals surface area contributed by atoms with Gasteiger partial charge in [-0.25, -0.2) is 4.79 Å². The molecule has 1 aliphatic carbocycles. The standard InChI is InChI=1S/C17H23NO3/c1-17(2)10-6-5-9-14(17)18-15(19)11-12-7-3-4-8-13(12)16(20)21/h3-4,7-8,14H,5-6,9-11H2,1-2H3,(H,18,19)(H,20,21). The predicted octanol–water partition coefficient (Wildman–Crippen LogP) is 3.01. The van der Waals surface area contributed by atoms with Crippen molar-refractivity contribution in [2.75, 3.05) is 0 Å². The molecule has 1 aromatic carbocycles. The van der Waals surface area contributed by atoms with Crippen molar-refractivity contribution in [1.82, 2.24) is 5.32 Å². The van der Waals surface area contributed by atoms with E-state index in [0.29, 0.717) is 5.56 Å². The van der Waals surface area contributed by atoms with E-state index in [9.17, 15) is 9.59 Å². The van der Waals surface area contributed by atoms with Crippen molar-refractivity contribution in [3.8, 4) is 0 Å². The summed E-state index contributed by atoms with van der Waals surface area (Å²) in [5.41, 5.74) is 0.881. The van der Waals surface area contributed by atoms with Gasteiger partial charge in [0.05, 0.1) is 12.0 Å². The Morgan fingerprint density at radius 3 is 2.67 bits per heavy atom. The molecule has 21 heavy (non-hydrogen) atoms. The predicted molar refractivity (Wildman–Crippen MR) is 81.3 cm³/mol. The number of carboxylic acids is 1. The van der Waals surface area contributed by atoms with Crippen LogP contribution in [0.1, 0.15) is 55.5 Å². The SMILES string of the molecule is CC1(C)CCCCC1NC(=O)Cc1ccccc1C(=O)O. The Kier molecular flexibility index (Phi) is 4.66. The first-order chi connectivity index (χ1) is 9.90. The number of nitrogens with one attached hydrogen (secondary N) is 1. The van der Waals surface area contributed by atoms with Gasteiger partial charge < -0.3 is 10.4 Å². The Balaban J connectivity index is 2.04. The number of aromatic carboxylic acids is 1. The minimum absolute atomic E-state index is 0.0938. The third kappa shape index (κ3) is 3.84. The highest BCUT2D eigenvalue weighted by atomic mass is 16.4. The van der Waals surface area contributed by atoms with E-state index in [0.717, 1.165) is 19.3 Å². The minimum atomic E-state index is -0.989. The number of hydrogen-bond donors (Lipinski definition) is 2. The van der Waals surface area contributed by atoms with Crippen LogP contribution in [0.15, 0.2) is 24.3 Å². The highest BCUT2D eigenvalue weighted by Gasteiger charge is 2.33. The van der Waals surface area contributed by atoms with Gasteiger partial charge in [0.25, 0.3) is 0 Å². The average molecular weight is 289 g/mol. The fourth-order valence-electron chi connectivity index (χ4n) is 3.06. The van der Waals surface area contributed by atoms with Crippen molar-refractivity contribution in [3.05, 3.63) is 35.4 Å². The topological polar surface area (TPSA) is 66.4 Å². The molecule has 4 heteroatoms. The number of carbonyl (C=O) groups is 2. The summed E-state index contributed by atoms with van der Waals surface area (Å²) in [5.74, 6) is -1.08. The van der Waals surface area contributed by atoms with E-state index >= 15 is 0 Å². The van der Waals surface area contributed by atoms with E-state index in [1.54, 1.807) is 18.2 Å². The van der Waals surface area contributed by atoms with Gasteiger partial charge in [-0.1, -0.05) is 44.9 Å². The molecule has 1 aromatic rings. The van der Waals surface area contributed by atoms with Crippen LogP contribution < -0.4 is 5.32 Å². The van der Waals surface area contributed by atoms with Crippen LogP contribution in [0.25, 0.3) is 0 Å². The molecule has 1 fully saturated rings. The fraction of sp³-hybridized carbons (Fsp3) is 0.529. The quantitative estimate of drug-likeness (QED) is 0.895. The summed E-state index contributed by atoms with van der Waals surface area (Å²) in [6.45, 7) is 4.37. The second-order valence-electron chi connectivity index (χ2n) is 6.49. The molecule has 1 saturated carbocycles. The van der Waals surface area contributed by atoms with Crippen LogP contribution in [0.2, 0.25) is 0 Å². The fourth-order valence-corrected chi connectivity index (χ4v) is 3.06. The first kappa shape index (κ1) is 15.5. The van der Waals surface area contributed by atoms with Gasteiger partial charge in [0.15, 0.2) is 0 Å². The number of carboxylic acid groups (broad SMARTS) is 1. The second kappa shape index (κ2) is 6.29. The molecule has 0 aliphatic heterocycles. The van der Waals surface area contributed by atoms with Gasteiger partial charge in [0.1, 0.15) is 0 Å². The van der Waals surface area contributed by atoms with Crippen LogP contribution in [0, 0.1) is 5.41 Å². The van der Waals surface area contributed by atoms with Crippen LogP contribution in [0.4, 0.5) is 0 Å². The number of carbonyl (C=O) groups excluding carboxylic acids is 1. The number of rotatable bonds is 4. The molecule has 1 unspecified atom stereocenters. The summed E-state index contributed by atoms with van der Waals surface area (Å²) in [6.07, 6.45) is 4.58. The van der Waals surface area contributed by atoms with E-state index in [2.05, 4.69) is 19.2 Å². The smallest absolute Gasteiger partial charge is 0.335 e. The first-order valence-corrected chi connectivity index (χ1v) is 7.51. The summed E-state index contributed by atoms with van der Waals surface area (Å²) in [5, 5.41) is 12.2. The molecule has 114 valence electrons. The largest absolute Gasteiger partial charge is 0.478 e. The van der Waals surface area contributed by atoms with Gasteiger partial charge in [0.2, 0.25) is 5.91 Å². The van der Waals surface area contributed by atoms with Crippen LogP contribution in [0.3, 0.4) is 0 Å². The Labute approximate surface area is 125 Å². The van der Waals surface area contributed by atoms with Crippen molar-refractivity contribution in [2.24, 2.45) is 5.41 Å². The van der Waals surface area contributed by atoms with E-state index in [4.69, 9.17) is 5.11 Å². The zero-order valence-corrected chi connectivity index (χ0v) is 12.7. The summed E-state index contributed by atoms with van der Waals surface area (Å²) in [7, 11) is 0. The summed E-state index contributed by atoms with van der Waals surface area (Å²) in [6, 6.07) is 6.86. The molecule has 1 aliphatic rings. The monoisotopic (exact) mass is 289 g/mol. The molecule has 0 saturated heterocycles. The van der Waals surface area contributed by atoms with Crippen LogP contribution in [0.5, 0.6) is 0 Å². The lowest BCUT2D eigenvalue weighted by Crippen LogP contribution is -2.47. The average Bonchev–Trinajstić information content (AvgIpc) is 2.41. The van der Waals surface area contributed by atoms with Crippen molar-refractivity contribution in [2.45, 2.75) is 52.0 Å².